The molecule has 4 aliphatic heterocycles. The van der Waals surface area contributed by atoms with Crippen molar-refractivity contribution in [1.82, 2.24) is 99.9 Å². The molecule has 4 aliphatic rings. The predicted molar refractivity (Wildman–Crippen MR) is 487 cm³/mol. The van der Waals surface area contributed by atoms with Crippen molar-refractivity contribution in [3.8, 4) is 45.2 Å². The highest BCUT2D eigenvalue weighted by Crippen LogP contribution is 2.32. The van der Waals surface area contributed by atoms with E-state index in [0.717, 1.165) is 209 Å². The molecule has 0 atom stereocenters. The van der Waals surface area contributed by atoms with Gasteiger partial charge in [0.2, 0.25) is 0 Å². The first-order chi connectivity index (χ1) is 60.0. The lowest BCUT2D eigenvalue weighted by atomic mass is 9.90. The summed E-state index contributed by atoms with van der Waals surface area (Å²) in [5, 5.41) is 24.2. The summed E-state index contributed by atoms with van der Waals surface area (Å²) in [5.41, 5.74) is 22.6. The number of fused-ring (bicyclic) bond motifs is 8. The number of rotatable bonds is 14. The number of anilines is 3. The van der Waals surface area contributed by atoms with Crippen LogP contribution in [0.1, 0.15) is 111 Å². The second-order valence-corrected chi connectivity index (χ2v) is 33.5. The van der Waals surface area contributed by atoms with Crippen molar-refractivity contribution in [3.05, 3.63) is 257 Å². The van der Waals surface area contributed by atoms with E-state index in [1.807, 2.05) is 168 Å². The number of imidazole rings is 3. The predicted octanol–water partition coefficient (Wildman–Crippen LogP) is 10.4. The molecule has 16 aromatic heterocycles. The molecule has 0 bridgehead atoms. The first-order valence-electron chi connectivity index (χ1n) is 43.3. The van der Waals surface area contributed by atoms with E-state index in [2.05, 4.69) is 126 Å². The number of piperidine rings is 1. The Morgan fingerprint density at radius 2 is 0.790 bits per heavy atom. The number of piperazine rings is 2. The third-order valence-electron chi connectivity index (χ3n) is 24.6. The van der Waals surface area contributed by atoms with Gasteiger partial charge in [0.05, 0.1) is 93.2 Å². The van der Waals surface area contributed by atoms with Crippen molar-refractivity contribution in [2.75, 3.05) is 127 Å². The van der Waals surface area contributed by atoms with Crippen LogP contribution in [0.4, 0.5) is 17.1 Å². The maximum atomic E-state index is 13.0. The Labute approximate surface area is 717 Å². The lowest BCUT2D eigenvalue weighted by Gasteiger charge is -2.35. The van der Waals surface area contributed by atoms with Gasteiger partial charge in [-0.05, 0) is 198 Å². The number of hydrogen-bond acceptors (Lipinski definition) is 22. The average molecular weight is 1670 g/mol. The maximum absolute atomic E-state index is 13.0. The summed E-state index contributed by atoms with van der Waals surface area (Å²) in [4.78, 5) is 106. The van der Waals surface area contributed by atoms with Crippen LogP contribution in [-0.4, -0.2) is 228 Å². The minimum Gasteiger partial charge on any atom is -0.392 e. The van der Waals surface area contributed by atoms with E-state index >= 15 is 0 Å². The average Bonchev–Trinajstić information content (AvgIpc) is 1.56. The van der Waals surface area contributed by atoms with Crippen molar-refractivity contribution >= 4 is 62.1 Å². The number of aryl methyl sites for hydroxylation is 6. The van der Waals surface area contributed by atoms with Crippen LogP contribution in [0.3, 0.4) is 0 Å². The zero-order chi connectivity index (χ0) is 86.3. The molecule has 0 aliphatic carbocycles. The smallest absolute Gasteiger partial charge is 0.258 e. The summed E-state index contributed by atoms with van der Waals surface area (Å²) >= 11 is 0. The zero-order valence-corrected chi connectivity index (χ0v) is 72.6. The fourth-order valence-electron chi connectivity index (χ4n) is 17.6. The Bertz CT molecular complexity index is 6930. The van der Waals surface area contributed by atoms with Crippen molar-refractivity contribution < 1.29 is 10.2 Å². The number of aliphatic hydroxyl groups excluding tert-OH is 2. The van der Waals surface area contributed by atoms with Crippen LogP contribution < -0.4 is 36.9 Å². The largest absolute Gasteiger partial charge is 0.392 e. The molecule has 20 heterocycles. The lowest BCUT2D eigenvalue weighted by molar-refractivity contribution is 0.172. The van der Waals surface area contributed by atoms with Gasteiger partial charge in [-0.1, -0.05) is 26.8 Å². The molecule has 30 heteroatoms. The second-order valence-electron chi connectivity index (χ2n) is 33.5. The minimum atomic E-state index is -0.130. The third kappa shape index (κ3) is 17.5. The van der Waals surface area contributed by atoms with Crippen molar-refractivity contribution in [2.45, 2.75) is 120 Å². The highest BCUT2D eigenvalue weighted by molar-refractivity contribution is 5.71. The Kier molecular flexibility index (Phi) is 24.0. The van der Waals surface area contributed by atoms with Crippen LogP contribution in [0.2, 0.25) is 0 Å². The van der Waals surface area contributed by atoms with E-state index in [0.29, 0.717) is 85.4 Å². The SMILES string of the molecule is CCN1CCN(c2ccc3nc(-c4cc(CO)c5nc(C)cn5c4)cc(=O)n3c2)CC1.CCc1cc(-c2cc(=O)n3cc(N4CCCN(C)CC4)ccc3n2)cn2cc(C)nc12.CCc1nc(C)cn2nc(-c3cc(=O)n4cc(C5CCN(C(C)C)CC5)ccc4n3)cc12.Cc1cn2cc(-c3cc(=O)n4cc(N5CCN(C)CC5)ccc4n3)cc(CO)c2n1. The molecule has 0 radical (unpaired) electrons. The third-order valence-corrected chi connectivity index (χ3v) is 24.6. The molecule has 2 N–H and O–H groups in total. The van der Waals surface area contributed by atoms with E-state index in [1.54, 1.807) is 41.9 Å². The van der Waals surface area contributed by atoms with Crippen LogP contribution >= 0.6 is 0 Å². The zero-order valence-electron chi connectivity index (χ0n) is 72.6. The number of pyridine rings is 7. The van der Waals surface area contributed by atoms with E-state index < -0.39 is 0 Å². The van der Waals surface area contributed by atoms with Crippen molar-refractivity contribution in [2.24, 2.45) is 0 Å². The van der Waals surface area contributed by atoms with Crippen LogP contribution in [-0.2, 0) is 26.1 Å². The number of aliphatic hydroxyl groups is 2. The Morgan fingerprint density at radius 1 is 0.387 bits per heavy atom. The van der Waals surface area contributed by atoms with Crippen LogP contribution in [0.15, 0.2) is 184 Å². The molecule has 124 heavy (non-hydrogen) atoms. The van der Waals surface area contributed by atoms with E-state index in [-0.39, 0.29) is 35.5 Å². The van der Waals surface area contributed by atoms with Crippen LogP contribution in [0.25, 0.3) is 90.2 Å². The van der Waals surface area contributed by atoms with Crippen LogP contribution in [0.5, 0.6) is 0 Å². The Morgan fingerprint density at radius 3 is 1.23 bits per heavy atom. The fraction of sp³-hybridized carbons (Fsp3) is 0.372. The summed E-state index contributed by atoms with van der Waals surface area (Å²) in [5.74, 6) is 0.489. The van der Waals surface area contributed by atoms with Gasteiger partial charge >= 0.3 is 0 Å². The highest BCUT2D eigenvalue weighted by Gasteiger charge is 2.26. The summed E-state index contributed by atoms with van der Waals surface area (Å²) < 4.78 is 14.2. The molecule has 16 aromatic rings. The molecule has 640 valence electrons. The summed E-state index contributed by atoms with van der Waals surface area (Å²) in [7, 11) is 4.28. The number of nitrogens with zero attached hydrogens (tertiary/aromatic N) is 24. The summed E-state index contributed by atoms with van der Waals surface area (Å²) in [6.45, 7) is 33.7. The molecule has 0 saturated carbocycles. The topological polar surface area (TPSA) is 283 Å². The molecular weight excluding hydrogens is 1560 g/mol. The summed E-state index contributed by atoms with van der Waals surface area (Å²) in [6, 6.07) is 30.7. The van der Waals surface area contributed by atoms with E-state index in [9.17, 15) is 29.4 Å². The van der Waals surface area contributed by atoms with Gasteiger partial charge < -0.3 is 57.7 Å². The van der Waals surface area contributed by atoms with E-state index in [1.165, 1.54) is 5.56 Å². The maximum Gasteiger partial charge on any atom is 0.258 e. The standard InChI is InChI=1S/C25H30N6O.C24H28N6O.C23H26N6O2.C22H24N6O2/c1-5-20-23-12-22(28-31(23)14-17(4)26-20)21-13-25(32)30-15-19(6-7-24(30)27-21)18-8-10-29(11-9-18)16(2)3;1-4-18-12-19(15-29-14-17(2)25-24(18)29)21-13-23(31)30-16-20(6-7-22(30)26-21)28-9-5-8-27(3)10-11-28;1-3-26-6-8-27(9-7-26)19-4-5-21-25-20(11-22(31)29(21)14-19)17-10-18(15-30)23-24-16(2)12-28(23)13-17;1-15-11-27-12-16(9-17(14-29)22(27)23-15)19-10-21(30)28-13-18(3-4-20(28)24-19)26-7-5-25(2)6-8-26/h6-7,12-16,18H,5,8-11H2,1-4H3;6-7,12-16H,4-5,8-11H2,1-3H3;4-5,10-14,30H,3,6-9,15H2,1-2H3;3-4,9-13,29H,5-8,14H2,1-2H3. The molecule has 0 spiro atoms. The first kappa shape index (κ1) is 83.5. The lowest BCUT2D eigenvalue weighted by Crippen LogP contribution is -2.46. The van der Waals surface area contributed by atoms with Gasteiger partial charge in [-0.2, -0.15) is 5.10 Å². The fourth-order valence-corrected chi connectivity index (χ4v) is 17.6. The molecule has 20 rings (SSSR count). The minimum absolute atomic E-state index is 0.0613. The molecule has 0 unspecified atom stereocenters. The Balaban J connectivity index is 0.000000117. The van der Waals surface area contributed by atoms with Gasteiger partial charge in [0.25, 0.3) is 22.2 Å². The van der Waals surface area contributed by atoms with Crippen molar-refractivity contribution in [1.29, 1.82) is 0 Å². The number of aromatic nitrogens is 17. The van der Waals surface area contributed by atoms with Crippen molar-refractivity contribution in [3.63, 3.8) is 0 Å². The second kappa shape index (κ2) is 35.6. The number of likely N-dealkylation sites (N-methyl/N-ethyl adjacent to an activating group) is 3. The normalized spacial score (nSPS) is 15.5. The molecule has 0 amide bonds. The van der Waals surface area contributed by atoms with Crippen LogP contribution in [0, 0.1) is 27.7 Å². The quantitative estimate of drug-likeness (QED) is 0.102. The van der Waals surface area contributed by atoms with E-state index in [4.69, 9.17) is 19.9 Å². The molecule has 4 saturated heterocycles. The summed E-state index contributed by atoms with van der Waals surface area (Å²) in [6.07, 6.45) is 26.2. The molecule has 0 aromatic carbocycles. The number of hydrogen-bond donors (Lipinski definition) is 2. The Hall–Kier alpha value is -12.7. The van der Waals surface area contributed by atoms with Gasteiger partial charge in [0.1, 0.15) is 45.2 Å². The number of likely N-dealkylation sites (tertiary alicyclic amines) is 1. The molecule has 4 fully saturated rings. The molecular formula is C94H108N24O6. The van der Waals surface area contributed by atoms with Gasteiger partial charge in [0, 0.05) is 192 Å². The van der Waals surface area contributed by atoms with Gasteiger partial charge in [-0.3, -0.25) is 41.8 Å². The molecule has 30 nitrogen and oxygen atoms in total. The van der Waals surface area contributed by atoms with Gasteiger partial charge in [-0.25, -0.2) is 39.4 Å². The van der Waals surface area contributed by atoms with Gasteiger partial charge in [-0.15, -0.1) is 0 Å². The monoisotopic (exact) mass is 1670 g/mol. The van der Waals surface area contributed by atoms with Gasteiger partial charge in [0.15, 0.2) is 0 Å². The first-order valence-corrected chi connectivity index (χ1v) is 43.3. The highest BCUT2D eigenvalue weighted by atomic mass is 16.3.